The van der Waals surface area contributed by atoms with Crippen LogP contribution in [0.1, 0.15) is 27.7 Å². The lowest BCUT2D eigenvalue weighted by atomic mass is 10.5. The fourth-order valence-electron chi connectivity index (χ4n) is 0.895. The van der Waals surface area contributed by atoms with Gasteiger partial charge in [-0.1, -0.05) is 0 Å². The van der Waals surface area contributed by atoms with Gasteiger partial charge in [-0.3, -0.25) is 4.57 Å². The zero-order valence-electron chi connectivity index (χ0n) is 8.69. The lowest BCUT2D eigenvalue weighted by Crippen LogP contribution is -2.11. The van der Waals surface area contributed by atoms with E-state index in [2.05, 4.69) is 0 Å². The highest BCUT2D eigenvalue weighted by molar-refractivity contribution is 7.53. The first-order valence-electron chi connectivity index (χ1n) is 4.46. The summed E-state index contributed by atoms with van der Waals surface area (Å²) in [5.41, 5.74) is 0. The molecule has 0 aliphatic rings. The Labute approximate surface area is 79.8 Å². The van der Waals surface area contributed by atoms with E-state index in [0.29, 0.717) is 0 Å². The van der Waals surface area contributed by atoms with Gasteiger partial charge in [-0.25, -0.2) is 0 Å². The molecule has 13 heavy (non-hydrogen) atoms. The van der Waals surface area contributed by atoms with Crippen molar-refractivity contribution in [3.63, 3.8) is 0 Å². The maximum atomic E-state index is 11.8. The summed E-state index contributed by atoms with van der Waals surface area (Å²) in [7, 11) is -3.08. The Morgan fingerprint density at radius 2 is 1.54 bits per heavy atom. The van der Waals surface area contributed by atoms with Crippen LogP contribution in [0.15, 0.2) is 0 Å². The third-order valence-corrected chi connectivity index (χ3v) is 3.35. The van der Waals surface area contributed by atoms with Crippen LogP contribution in [0.3, 0.4) is 0 Å². The maximum absolute atomic E-state index is 11.8. The Morgan fingerprint density at radius 1 is 1.15 bits per heavy atom. The van der Waals surface area contributed by atoms with Crippen molar-refractivity contribution < 1.29 is 18.7 Å². The van der Waals surface area contributed by atoms with Crippen LogP contribution in [-0.4, -0.2) is 30.1 Å². The van der Waals surface area contributed by atoms with Gasteiger partial charge in [0.05, 0.1) is 25.0 Å². The Morgan fingerprint density at radius 3 is 1.77 bits per heavy atom. The molecule has 5 heteroatoms. The van der Waals surface area contributed by atoms with E-state index in [1.807, 2.05) is 0 Å². The minimum atomic E-state index is -3.08. The molecular weight excluding hydrogens is 191 g/mol. The van der Waals surface area contributed by atoms with Gasteiger partial charge in [0.2, 0.25) is 0 Å². The molecule has 0 saturated heterocycles. The molecule has 0 heterocycles. The lowest BCUT2D eigenvalue weighted by Gasteiger charge is -2.21. The van der Waals surface area contributed by atoms with E-state index in [4.69, 9.17) is 14.2 Å². The number of hydrogen-bond acceptors (Lipinski definition) is 4. The zero-order valence-corrected chi connectivity index (χ0v) is 9.58. The first-order valence-corrected chi connectivity index (χ1v) is 6.19. The van der Waals surface area contributed by atoms with Gasteiger partial charge in [0.25, 0.3) is 0 Å². The Bertz CT molecular complexity index is 165. The summed E-state index contributed by atoms with van der Waals surface area (Å²) in [6.07, 6.45) is -0.254. The first-order chi connectivity index (χ1) is 5.89. The summed E-state index contributed by atoms with van der Waals surface area (Å²) in [6, 6.07) is 0. The van der Waals surface area contributed by atoms with E-state index < -0.39 is 7.60 Å². The molecule has 0 bridgehead atoms. The molecule has 0 unspecified atom stereocenters. The predicted molar refractivity (Wildman–Crippen MR) is 52.0 cm³/mol. The van der Waals surface area contributed by atoms with Gasteiger partial charge < -0.3 is 14.2 Å². The van der Waals surface area contributed by atoms with E-state index in [1.165, 1.54) is 0 Å². The van der Waals surface area contributed by atoms with Gasteiger partial charge in [0.1, 0.15) is 0 Å². The lowest BCUT2D eigenvalue weighted by molar-refractivity contribution is 0.139. The number of aliphatic hydroxyl groups is 1. The summed E-state index contributed by atoms with van der Waals surface area (Å²) < 4.78 is 22.2. The fraction of sp³-hybridized carbons (Fsp3) is 1.00. The standard InChI is InChI=1S/C8H19O4P/c1-7(2)11-13(10,6-5-9)12-8(3)4/h7-9H,5-6H2,1-4H3. The second-order valence-corrected chi connectivity index (χ2v) is 5.46. The molecule has 1 N–H and O–H groups in total. The van der Waals surface area contributed by atoms with Crippen LogP contribution in [-0.2, 0) is 13.6 Å². The van der Waals surface area contributed by atoms with Crippen molar-refractivity contribution in [3.05, 3.63) is 0 Å². The molecule has 0 amide bonds. The number of rotatable bonds is 6. The first kappa shape index (κ1) is 13.1. The van der Waals surface area contributed by atoms with Crippen molar-refractivity contribution >= 4 is 7.60 Å². The molecule has 0 aromatic heterocycles. The van der Waals surface area contributed by atoms with Crippen LogP contribution in [0.5, 0.6) is 0 Å². The van der Waals surface area contributed by atoms with Crippen molar-refractivity contribution in [3.8, 4) is 0 Å². The Balaban J connectivity index is 4.25. The second-order valence-electron chi connectivity index (χ2n) is 3.37. The van der Waals surface area contributed by atoms with Gasteiger partial charge in [0.15, 0.2) is 0 Å². The van der Waals surface area contributed by atoms with Gasteiger partial charge in [-0.2, -0.15) is 0 Å². The van der Waals surface area contributed by atoms with Crippen LogP contribution in [0.4, 0.5) is 0 Å². The van der Waals surface area contributed by atoms with Crippen molar-refractivity contribution in [2.75, 3.05) is 12.8 Å². The van der Waals surface area contributed by atoms with E-state index in [1.54, 1.807) is 27.7 Å². The fourth-order valence-corrected chi connectivity index (χ4v) is 2.69. The van der Waals surface area contributed by atoms with Crippen molar-refractivity contribution in [2.45, 2.75) is 39.9 Å². The molecule has 0 aromatic rings. The minimum Gasteiger partial charge on any atom is -0.396 e. The average Bonchev–Trinajstić information content (AvgIpc) is 1.81. The molecule has 0 aliphatic carbocycles. The smallest absolute Gasteiger partial charge is 0.333 e. The number of hydrogen-bond donors (Lipinski definition) is 1. The summed E-state index contributed by atoms with van der Waals surface area (Å²) in [6.45, 7) is 6.96. The molecule has 0 aromatic carbocycles. The molecule has 4 nitrogen and oxygen atoms in total. The molecule has 0 saturated carbocycles. The van der Waals surface area contributed by atoms with E-state index >= 15 is 0 Å². The topological polar surface area (TPSA) is 55.8 Å². The Hall–Kier alpha value is 0.110. The quantitative estimate of drug-likeness (QED) is 0.681. The summed E-state index contributed by atoms with van der Waals surface area (Å²) in [5, 5.41) is 8.70. The van der Waals surface area contributed by atoms with Gasteiger partial charge in [-0.05, 0) is 27.7 Å². The molecule has 0 radical (unpaired) electrons. The van der Waals surface area contributed by atoms with Crippen molar-refractivity contribution in [1.82, 2.24) is 0 Å². The molecule has 0 atom stereocenters. The molecule has 80 valence electrons. The molecule has 0 spiro atoms. The molecular formula is C8H19O4P. The highest BCUT2D eigenvalue weighted by Crippen LogP contribution is 2.49. The van der Waals surface area contributed by atoms with E-state index in [9.17, 15) is 4.57 Å². The average molecular weight is 210 g/mol. The maximum Gasteiger partial charge on any atom is 0.333 e. The second kappa shape index (κ2) is 5.76. The van der Waals surface area contributed by atoms with Crippen LogP contribution in [0.2, 0.25) is 0 Å². The highest BCUT2D eigenvalue weighted by Gasteiger charge is 2.26. The highest BCUT2D eigenvalue weighted by atomic mass is 31.2. The predicted octanol–water partition coefficient (Wildman–Crippen LogP) is 2.02. The van der Waals surface area contributed by atoms with Crippen LogP contribution in [0, 0.1) is 0 Å². The minimum absolute atomic E-state index is 0.0589. The SMILES string of the molecule is CC(C)OP(=O)(CCO)OC(C)C. The van der Waals surface area contributed by atoms with Crippen LogP contribution >= 0.6 is 7.60 Å². The van der Waals surface area contributed by atoms with Gasteiger partial charge >= 0.3 is 7.60 Å². The van der Waals surface area contributed by atoms with E-state index in [0.717, 1.165) is 0 Å². The number of aliphatic hydroxyl groups excluding tert-OH is 1. The van der Waals surface area contributed by atoms with E-state index in [-0.39, 0.29) is 25.0 Å². The molecule has 0 aliphatic heterocycles. The van der Waals surface area contributed by atoms with Crippen LogP contribution in [0.25, 0.3) is 0 Å². The van der Waals surface area contributed by atoms with Gasteiger partial charge in [0, 0.05) is 0 Å². The zero-order chi connectivity index (χ0) is 10.5. The third kappa shape index (κ3) is 6.22. The monoisotopic (exact) mass is 210 g/mol. The van der Waals surface area contributed by atoms with Crippen LogP contribution < -0.4 is 0 Å². The van der Waals surface area contributed by atoms with Crippen molar-refractivity contribution in [1.29, 1.82) is 0 Å². The summed E-state index contributed by atoms with van der Waals surface area (Å²) >= 11 is 0. The largest absolute Gasteiger partial charge is 0.396 e. The summed E-state index contributed by atoms with van der Waals surface area (Å²) in [5.74, 6) is 0. The summed E-state index contributed by atoms with van der Waals surface area (Å²) in [4.78, 5) is 0. The third-order valence-electron chi connectivity index (χ3n) is 1.12. The molecule has 0 fully saturated rings. The normalized spacial score (nSPS) is 12.8. The Kier molecular flexibility index (Phi) is 5.81. The van der Waals surface area contributed by atoms with Crippen molar-refractivity contribution in [2.24, 2.45) is 0 Å². The molecule has 0 rings (SSSR count). The van der Waals surface area contributed by atoms with Gasteiger partial charge in [-0.15, -0.1) is 0 Å².